The highest BCUT2D eigenvalue weighted by Crippen LogP contribution is 2.34. The van der Waals surface area contributed by atoms with Crippen molar-refractivity contribution in [3.63, 3.8) is 0 Å². The van der Waals surface area contributed by atoms with Crippen LogP contribution in [-0.2, 0) is 13.0 Å². The molecule has 0 aromatic heterocycles. The van der Waals surface area contributed by atoms with E-state index < -0.39 is 0 Å². The zero-order chi connectivity index (χ0) is 30.6. The summed E-state index contributed by atoms with van der Waals surface area (Å²) in [5, 5.41) is 15.3. The van der Waals surface area contributed by atoms with Crippen molar-refractivity contribution in [2.75, 3.05) is 18.4 Å². The highest BCUT2D eigenvalue weighted by molar-refractivity contribution is 6.03. The van der Waals surface area contributed by atoms with Gasteiger partial charge < -0.3 is 20.6 Å². The number of aliphatic hydroxyl groups is 1. The highest BCUT2D eigenvalue weighted by Gasteiger charge is 2.29. The van der Waals surface area contributed by atoms with Gasteiger partial charge in [-0.3, -0.25) is 9.79 Å². The van der Waals surface area contributed by atoms with Gasteiger partial charge in [0.15, 0.2) is 0 Å². The van der Waals surface area contributed by atoms with Crippen molar-refractivity contribution in [2.45, 2.75) is 59.6 Å². The molecule has 1 atom stereocenters. The minimum absolute atomic E-state index is 0.0267. The standard InChI is InChI=1S/C36H42N4O3/c1-24-8-12-28(13-9-24)33-31(22-32(39-33)36(2,3)4)38-35(43)37-30-7-5-6-27(21-30)20-25-16-18-40(19-17-25)34(42)29-14-10-26(23-41)11-15-29/h5-15,21-22,25,33,41H,16-20,23H2,1-4H3,(H2,37,38,43). The first kappa shape index (κ1) is 30.2. The third-order valence-corrected chi connectivity index (χ3v) is 8.27. The van der Waals surface area contributed by atoms with Crippen LogP contribution in [0, 0.1) is 18.3 Å². The molecular weight excluding hydrogens is 536 g/mol. The average molecular weight is 579 g/mol. The predicted octanol–water partition coefficient (Wildman–Crippen LogP) is 6.83. The number of aliphatic imine (C=N–C) groups is 1. The Morgan fingerprint density at radius 1 is 0.930 bits per heavy atom. The summed E-state index contributed by atoms with van der Waals surface area (Å²) in [6.45, 7) is 9.86. The zero-order valence-electron chi connectivity index (χ0n) is 25.6. The first-order chi connectivity index (χ1) is 20.6. The van der Waals surface area contributed by atoms with Crippen LogP contribution in [-0.4, -0.2) is 40.7 Å². The van der Waals surface area contributed by atoms with E-state index in [1.165, 1.54) is 5.56 Å². The lowest BCUT2D eigenvalue weighted by atomic mass is 9.90. The summed E-state index contributed by atoms with van der Waals surface area (Å²) >= 11 is 0. The number of piperidine rings is 1. The normalized spacial score (nSPS) is 17.3. The maximum atomic E-state index is 13.1. The van der Waals surface area contributed by atoms with Gasteiger partial charge in [-0.25, -0.2) is 4.79 Å². The van der Waals surface area contributed by atoms with Crippen molar-refractivity contribution in [3.05, 3.63) is 112 Å². The van der Waals surface area contributed by atoms with Gasteiger partial charge in [0, 0.05) is 35.5 Å². The Kier molecular flexibility index (Phi) is 9.11. The molecule has 3 N–H and O–H groups in total. The molecule has 7 nitrogen and oxygen atoms in total. The van der Waals surface area contributed by atoms with Gasteiger partial charge in [-0.1, -0.05) is 74.9 Å². The molecule has 2 aliphatic heterocycles. The maximum Gasteiger partial charge on any atom is 0.323 e. The minimum atomic E-state index is -0.287. The van der Waals surface area contributed by atoms with Crippen LogP contribution in [0.3, 0.4) is 0 Å². The number of carbonyl (C=O) groups excluding carboxylic acids is 2. The van der Waals surface area contributed by atoms with E-state index in [1.54, 1.807) is 24.3 Å². The average Bonchev–Trinajstić information content (AvgIpc) is 3.42. The Hall–Kier alpha value is -4.23. The molecule has 3 aromatic carbocycles. The fraction of sp³-hybridized carbons (Fsp3) is 0.361. The molecule has 3 amide bonds. The van der Waals surface area contributed by atoms with Crippen molar-refractivity contribution in [2.24, 2.45) is 16.3 Å². The predicted molar refractivity (Wildman–Crippen MR) is 172 cm³/mol. The number of aryl methyl sites for hydroxylation is 1. The van der Waals surface area contributed by atoms with Crippen molar-refractivity contribution >= 4 is 23.3 Å². The molecule has 0 saturated carbocycles. The van der Waals surface area contributed by atoms with Gasteiger partial charge in [-0.2, -0.15) is 0 Å². The van der Waals surface area contributed by atoms with Crippen molar-refractivity contribution in [1.29, 1.82) is 0 Å². The number of carbonyl (C=O) groups is 2. The van der Waals surface area contributed by atoms with Crippen LogP contribution >= 0.6 is 0 Å². The Labute approximate surface area is 254 Å². The number of likely N-dealkylation sites (tertiary alicyclic amines) is 1. The van der Waals surface area contributed by atoms with Crippen LogP contribution in [0.1, 0.15) is 72.3 Å². The van der Waals surface area contributed by atoms with Gasteiger partial charge in [0.05, 0.1) is 12.3 Å². The lowest BCUT2D eigenvalue weighted by Gasteiger charge is -2.32. The molecule has 1 unspecified atom stereocenters. The number of hydrogen-bond donors (Lipinski definition) is 3. The molecule has 0 radical (unpaired) electrons. The minimum Gasteiger partial charge on any atom is -0.392 e. The van der Waals surface area contributed by atoms with E-state index in [9.17, 15) is 14.7 Å². The molecule has 224 valence electrons. The molecule has 1 saturated heterocycles. The molecule has 7 heteroatoms. The summed E-state index contributed by atoms with van der Waals surface area (Å²) in [7, 11) is 0. The largest absolute Gasteiger partial charge is 0.392 e. The van der Waals surface area contributed by atoms with Crippen LogP contribution in [0.2, 0.25) is 0 Å². The van der Waals surface area contributed by atoms with E-state index in [0.29, 0.717) is 11.5 Å². The topological polar surface area (TPSA) is 94.0 Å². The number of nitrogens with zero attached hydrogens (tertiary/aromatic N) is 2. The van der Waals surface area contributed by atoms with E-state index in [0.717, 1.165) is 66.1 Å². The molecule has 3 aromatic rings. The second-order valence-electron chi connectivity index (χ2n) is 12.8. The molecule has 0 bridgehead atoms. The molecule has 2 aliphatic rings. The second kappa shape index (κ2) is 13.0. The number of anilines is 1. The van der Waals surface area contributed by atoms with E-state index in [-0.39, 0.29) is 30.0 Å². The van der Waals surface area contributed by atoms with E-state index in [4.69, 9.17) is 4.99 Å². The molecule has 5 rings (SSSR count). The lowest BCUT2D eigenvalue weighted by Crippen LogP contribution is -2.38. The number of hydrogen-bond acceptors (Lipinski definition) is 4. The molecule has 43 heavy (non-hydrogen) atoms. The van der Waals surface area contributed by atoms with Crippen molar-refractivity contribution < 1.29 is 14.7 Å². The summed E-state index contributed by atoms with van der Waals surface area (Å²) in [5.74, 6) is 0.513. The summed E-state index contributed by atoms with van der Waals surface area (Å²) < 4.78 is 0. The Balaban J connectivity index is 1.17. The summed E-state index contributed by atoms with van der Waals surface area (Å²) in [6, 6.07) is 22.9. The van der Waals surface area contributed by atoms with Gasteiger partial charge >= 0.3 is 6.03 Å². The number of amides is 3. The van der Waals surface area contributed by atoms with Crippen LogP contribution in [0.25, 0.3) is 0 Å². The highest BCUT2D eigenvalue weighted by atomic mass is 16.3. The third kappa shape index (κ3) is 7.59. The van der Waals surface area contributed by atoms with Crippen molar-refractivity contribution in [1.82, 2.24) is 10.2 Å². The molecule has 2 heterocycles. The first-order valence-electron chi connectivity index (χ1n) is 15.1. The maximum absolute atomic E-state index is 13.1. The number of aliphatic hydroxyl groups excluding tert-OH is 1. The number of nitrogens with one attached hydrogen (secondary N) is 2. The Bertz CT molecular complexity index is 1510. The van der Waals surface area contributed by atoms with Gasteiger partial charge in [-0.05, 0) is 79.1 Å². The fourth-order valence-electron chi connectivity index (χ4n) is 5.67. The van der Waals surface area contributed by atoms with E-state index in [2.05, 4.69) is 68.7 Å². The van der Waals surface area contributed by atoms with Crippen LogP contribution in [0.4, 0.5) is 10.5 Å². The molecule has 1 fully saturated rings. The Morgan fingerprint density at radius 2 is 1.63 bits per heavy atom. The third-order valence-electron chi connectivity index (χ3n) is 8.27. The van der Waals surface area contributed by atoms with Gasteiger partial charge in [0.1, 0.15) is 6.04 Å². The Morgan fingerprint density at radius 3 is 2.28 bits per heavy atom. The number of rotatable bonds is 7. The number of allylic oxidation sites excluding steroid dienone is 1. The smallest absolute Gasteiger partial charge is 0.323 e. The molecular formula is C36H42N4O3. The van der Waals surface area contributed by atoms with E-state index in [1.807, 2.05) is 29.2 Å². The monoisotopic (exact) mass is 578 g/mol. The zero-order valence-corrected chi connectivity index (χ0v) is 25.6. The van der Waals surface area contributed by atoms with Crippen LogP contribution in [0.5, 0.6) is 0 Å². The van der Waals surface area contributed by atoms with Gasteiger partial charge in [0.25, 0.3) is 5.91 Å². The van der Waals surface area contributed by atoms with Gasteiger partial charge in [-0.15, -0.1) is 0 Å². The first-order valence-corrected chi connectivity index (χ1v) is 15.1. The molecule has 0 spiro atoms. The van der Waals surface area contributed by atoms with Crippen LogP contribution < -0.4 is 10.6 Å². The SMILES string of the molecule is Cc1ccc(C2N=C(C(C)(C)C)C=C2NC(=O)Nc2cccc(CC3CCN(C(=O)c4ccc(CO)cc4)CC3)c2)cc1. The lowest BCUT2D eigenvalue weighted by molar-refractivity contribution is 0.0690. The number of benzene rings is 3. The van der Waals surface area contributed by atoms with Gasteiger partial charge in [0.2, 0.25) is 0 Å². The second-order valence-corrected chi connectivity index (χ2v) is 12.8. The van der Waals surface area contributed by atoms with Crippen LogP contribution in [0.15, 0.2) is 89.6 Å². The fourth-order valence-corrected chi connectivity index (χ4v) is 5.67. The quantitative estimate of drug-likeness (QED) is 0.287. The van der Waals surface area contributed by atoms with Crippen molar-refractivity contribution in [3.8, 4) is 0 Å². The summed E-state index contributed by atoms with van der Waals surface area (Å²) in [4.78, 5) is 33.0. The summed E-state index contributed by atoms with van der Waals surface area (Å²) in [6.07, 6.45) is 4.77. The van der Waals surface area contributed by atoms with E-state index >= 15 is 0 Å². The molecule has 0 aliphatic carbocycles. The summed E-state index contributed by atoms with van der Waals surface area (Å²) in [5.41, 5.74) is 7.20. The number of urea groups is 1.